The van der Waals surface area contributed by atoms with Gasteiger partial charge >= 0.3 is 0 Å². The summed E-state index contributed by atoms with van der Waals surface area (Å²) in [6.45, 7) is 6.51. The number of hydrogen-bond acceptors (Lipinski definition) is 4. The van der Waals surface area contributed by atoms with Gasteiger partial charge in [0.2, 0.25) is 5.91 Å². The fraction of sp³-hybridized carbons (Fsp3) is 0.526. The summed E-state index contributed by atoms with van der Waals surface area (Å²) in [5.41, 5.74) is 1.08. The van der Waals surface area contributed by atoms with Crippen molar-refractivity contribution in [3.8, 4) is 0 Å². The van der Waals surface area contributed by atoms with Crippen molar-refractivity contribution >= 4 is 33.4 Å². The number of amides is 2. The first-order valence-corrected chi connectivity index (χ1v) is 10.1. The van der Waals surface area contributed by atoms with Crippen LogP contribution in [0.3, 0.4) is 0 Å². The number of nitrogens with one attached hydrogen (secondary N) is 3. The van der Waals surface area contributed by atoms with Crippen molar-refractivity contribution in [1.29, 1.82) is 0 Å². The van der Waals surface area contributed by atoms with E-state index in [1.54, 1.807) is 18.3 Å². The lowest BCUT2D eigenvalue weighted by Gasteiger charge is -2.28. The van der Waals surface area contributed by atoms with Crippen molar-refractivity contribution in [2.24, 2.45) is 0 Å². The van der Waals surface area contributed by atoms with E-state index in [0.717, 1.165) is 31.4 Å². The average molecular weight is 376 g/mol. The molecule has 2 heterocycles. The molecule has 0 spiro atoms. The standard InChI is InChI=1S/C19H26N4O2S/c1-3-20-18(25)13(2)21-17(24)12-23-10-8-14(9-11-23)19-22-15-6-4-5-7-16(15)26-19/h4-7,13-14H,3,8-12H2,1-2H3,(H,20,25)(H,21,24)/p+1/t13-/m0/s1. The Bertz CT molecular complexity index is 735. The first kappa shape index (κ1) is 18.8. The van der Waals surface area contributed by atoms with E-state index < -0.39 is 6.04 Å². The molecule has 3 rings (SSSR count). The maximum Gasteiger partial charge on any atom is 0.275 e. The predicted molar refractivity (Wildman–Crippen MR) is 103 cm³/mol. The van der Waals surface area contributed by atoms with Crippen LogP contribution in [0.2, 0.25) is 0 Å². The number of aromatic nitrogens is 1. The highest BCUT2D eigenvalue weighted by atomic mass is 32.1. The van der Waals surface area contributed by atoms with Gasteiger partial charge in [0.15, 0.2) is 6.54 Å². The van der Waals surface area contributed by atoms with Gasteiger partial charge in [-0.1, -0.05) is 12.1 Å². The molecule has 1 aromatic carbocycles. The van der Waals surface area contributed by atoms with Gasteiger partial charge < -0.3 is 15.5 Å². The maximum absolute atomic E-state index is 12.2. The molecule has 6 nitrogen and oxygen atoms in total. The Hall–Kier alpha value is -1.99. The third-order valence-electron chi connectivity index (χ3n) is 4.88. The number of likely N-dealkylation sites (tertiary alicyclic amines) is 1. The summed E-state index contributed by atoms with van der Waals surface area (Å²) >= 11 is 1.79. The Balaban J connectivity index is 1.47. The fourth-order valence-corrected chi connectivity index (χ4v) is 4.56. The van der Waals surface area contributed by atoms with Crippen molar-refractivity contribution in [1.82, 2.24) is 15.6 Å². The van der Waals surface area contributed by atoms with Crippen LogP contribution in [-0.4, -0.2) is 49.0 Å². The largest absolute Gasteiger partial charge is 0.355 e. The van der Waals surface area contributed by atoms with Crippen molar-refractivity contribution < 1.29 is 14.5 Å². The van der Waals surface area contributed by atoms with E-state index in [4.69, 9.17) is 4.98 Å². The fourth-order valence-electron chi connectivity index (χ4n) is 3.43. The second-order valence-electron chi connectivity index (χ2n) is 6.90. The smallest absolute Gasteiger partial charge is 0.275 e. The quantitative estimate of drug-likeness (QED) is 0.696. The van der Waals surface area contributed by atoms with Gasteiger partial charge in [-0.2, -0.15) is 0 Å². The molecule has 1 atom stereocenters. The minimum atomic E-state index is -0.484. The molecular formula is C19H27N4O2S+. The normalized spacial score (nSPS) is 21.3. The van der Waals surface area contributed by atoms with Crippen LogP contribution in [0.25, 0.3) is 10.2 Å². The number of nitrogens with zero attached hydrogens (tertiary/aromatic N) is 1. The third-order valence-corrected chi connectivity index (χ3v) is 6.08. The number of rotatable bonds is 6. The van der Waals surface area contributed by atoms with Crippen LogP contribution in [0, 0.1) is 0 Å². The summed E-state index contributed by atoms with van der Waals surface area (Å²) in [7, 11) is 0. The molecule has 1 fully saturated rings. The second-order valence-corrected chi connectivity index (χ2v) is 7.97. The van der Waals surface area contributed by atoms with Gasteiger partial charge in [0.1, 0.15) is 6.04 Å². The molecule has 3 N–H and O–H groups in total. The zero-order valence-electron chi connectivity index (χ0n) is 15.4. The van der Waals surface area contributed by atoms with E-state index in [-0.39, 0.29) is 11.8 Å². The van der Waals surface area contributed by atoms with E-state index in [1.807, 2.05) is 13.0 Å². The Labute approximate surface area is 158 Å². The van der Waals surface area contributed by atoms with E-state index in [0.29, 0.717) is 19.0 Å². The molecule has 0 unspecified atom stereocenters. The summed E-state index contributed by atoms with van der Waals surface area (Å²) in [6.07, 6.45) is 2.10. The molecule has 0 saturated carbocycles. The molecule has 140 valence electrons. The van der Waals surface area contributed by atoms with Gasteiger partial charge in [-0.05, 0) is 26.0 Å². The summed E-state index contributed by atoms with van der Waals surface area (Å²) in [6, 6.07) is 7.78. The number of fused-ring (bicyclic) bond motifs is 1. The first-order valence-electron chi connectivity index (χ1n) is 9.33. The first-order chi connectivity index (χ1) is 12.6. The van der Waals surface area contributed by atoms with Gasteiger partial charge in [0.25, 0.3) is 5.91 Å². The van der Waals surface area contributed by atoms with Crippen LogP contribution in [0.5, 0.6) is 0 Å². The number of thiazole rings is 1. The molecule has 0 radical (unpaired) electrons. The summed E-state index contributed by atoms with van der Waals surface area (Å²) < 4.78 is 1.25. The maximum atomic E-state index is 12.2. The summed E-state index contributed by atoms with van der Waals surface area (Å²) in [4.78, 5) is 29.9. The average Bonchev–Trinajstić information content (AvgIpc) is 3.06. The van der Waals surface area contributed by atoms with Crippen molar-refractivity contribution in [3.63, 3.8) is 0 Å². The molecule has 1 aromatic heterocycles. The van der Waals surface area contributed by atoms with Gasteiger partial charge in [-0.15, -0.1) is 11.3 Å². The van der Waals surface area contributed by atoms with E-state index in [1.165, 1.54) is 14.6 Å². The molecule has 7 heteroatoms. The predicted octanol–water partition coefficient (Wildman–Crippen LogP) is 0.699. The number of benzene rings is 1. The number of para-hydroxylation sites is 1. The number of likely N-dealkylation sites (N-methyl/N-ethyl adjacent to an activating group) is 1. The van der Waals surface area contributed by atoms with Gasteiger partial charge in [0.05, 0.1) is 28.3 Å². The van der Waals surface area contributed by atoms with Gasteiger partial charge in [-0.25, -0.2) is 4.98 Å². The zero-order chi connectivity index (χ0) is 18.5. The van der Waals surface area contributed by atoms with Gasteiger partial charge in [-0.3, -0.25) is 9.59 Å². The molecule has 26 heavy (non-hydrogen) atoms. The van der Waals surface area contributed by atoms with Crippen molar-refractivity contribution in [2.75, 3.05) is 26.2 Å². The monoisotopic (exact) mass is 375 g/mol. The Morgan fingerprint density at radius 3 is 2.73 bits per heavy atom. The van der Waals surface area contributed by atoms with E-state index >= 15 is 0 Å². The van der Waals surface area contributed by atoms with Crippen LogP contribution in [0.15, 0.2) is 24.3 Å². The number of hydrogen-bond donors (Lipinski definition) is 3. The topological polar surface area (TPSA) is 75.5 Å². The highest BCUT2D eigenvalue weighted by Gasteiger charge is 2.27. The lowest BCUT2D eigenvalue weighted by Crippen LogP contribution is -3.14. The van der Waals surface area contributed by atoms with Crippen molar-refractivity contribution in [2.45, 2.75) is 38.6 Å². The Morgan fingerprint density at radius 2 is 2.04 bits per heavy atom. The molecule has 2 amide bonds. The zero-order valence-corrected chi connectivity index (χ0v) is 16.2. The SMILES string of the molecule is CCNC(=O)[C@H](C)NC(=O)C[NH+]1CCC(c2nc3ccccc3s2)CC1. The molecule has 0 bridgehead atoms. The highest BCUT2D eigenvalue weighted by molar-refractivity contribution is 7.18. The van der Waals surface area contributed by atoms with Gasteiger partial charge in [0, 0.05) is 25.3 Å². The summed E-state index contributed by atoms with van der Waals surface area (Å²) in [5, 5.41) is 6.74. The third kappa shape index (κ3) is 4.59. The number of quaternary nitrogens is 1. The number of carbonyl (C=O) groups excluding carboxylic acids is 2. The lowest BCUT2D eigenvalue weighted by atomic mass is 9.97. The Morgan fingerprint density at radius 1 is 1.31 bits per heavy atom. The lowest BCUT2D eigenvalue weighted by molar-refractivity contribution is -0.897. The second kappa shape index (κ2) is 8.60. The molecule has 0 aliphatic carbocycles. The molecule has 1 aliphatic rings. The van der Waals surface area contributed by atoms with Crippen LogP contribution in [0.4, 0.5) is 0 Å². The van der Waals surface area contributed by atoms with Crippen LogP contribution >= 0.6 is 11.3 Å². The summed E-state index contributed by atoms with van der Waals surface area (Å²) in [5.74, 6) is 0.302. The van der Waals surface area contributed by atoms with Crippen LogP contribution in [0.1, 0.15) is 37.6 Å². The number of carbonyl (C=O) groups is 2. The Kier molecular flexibility index (Phi) is 6.21. The molecule has 1 aliphatic heterocycles. The molecular weight excluding hydrogens is 348 g/mol. The highest BCUT2D eigenvalue weighted by Crippen LogP contribution is 2.31. The minimum absolute atomic E-state index is 0.0582. The molecule has 1 saturated heterocycles. The molecule has 2 aromatic rings. The van der Waals surface area contributed by atoms with Crippen LogP contribution in [-0.2, 0) is 9.59 Å². The van der Waals surface area contributed by atoms with Crippen molar-refractivity contribution in [3.05, 3.63) is 29.3 Å². The van der Waals surface area contributed by atoms with Crippen LogP contribution < -0.4 is 15.5 Å². The van der Waals surface area contributed by atoms with E-state index in [2.05, 4.69) is 28.8 Å². The minimum Gasteiger partial charge on any atom is -0.355 e. The number of piperidine rings is 1. The van der Waals surface area contributed by atoms with E-state index in [9.17, 15) is 9.59 Å².